The van der Waals surface area contributed by atoms with E-state index in [0.29, 0.717) is 0 Å². The van der Waals surface area contributed by atoms with Gasteiger partial charge in [0.15, 0.2) is 0 Å². The van der Waals surface area contributed by atoms with Crippen LogP contribution in [-0.2, 0) is 52.7 Å². The molecule has 0 rings (SSSR count). The second-order valence-corrected chi connectivity index (χ2v) is 9.08. The zero-order valence-corrected chi connectivity index (χ0v) is 23.6. The molecule has 0 radical (unpaired) electrons. The van der Waals surface area contributed by atoms with Crippen LogP contribution in [0.15, 0.2) is 0 Å². The molecule has 45 heavy (non-hydrogen) atoms. The summed E-state index contributed by atoms with van der Waals surface area (Å²) in [5, 5.41) is 20.9. The van der Waals surface area contributed by atoms with Gasteiger partial charge in [-0.3, -0.25) is 52.7 Å². The quantitative estimate of drug-likeness (QED) is 0.0552. The topological polar surface area (TPSA) is 410 Å². The molecule has 23 nitrogen and oxygen atoms in total. The fraction of sp³-hybridized carbons (Fsp3) is 0.500. The molecule has 17 N–H and O–H groups in total. The minimum atomic E-state index is -1.91. The first-order chi connectivity index (χ1) is 20.9. The molecule has 0 unspecified atom stereocenters. The standard InChI is InChI=1S/C22H35N11O12/c23-5-16(38)28-6-17(39)30-9(2-13(25)35)20(43)32-11(4-15(27)37)22(45)33-10(3-14(26)36)21(44)31-8(1-12(24)34)19(42)29-7-18(40)41/h8-11H,1-7,23H2,(H2,24,34)(H2,25,35)(H2,26,36)(H2,27,37)(H,28,38)(H,29,42)(H,30,39)(H,31,44)(H,32,43)(H,33,45)(H,40,41)/t8-,9-,10-,11-/m0/s1. The van der Waals surface area contributed by atoms with Crippen molar-refractivity contribution < 1.29 is 57.8 Å². The number of carbonyl (C=O) groups is 11. The van der Waals surface area contributed by atoms with Crippen molar-refractivity contribution in [3.63, 3.8) is 0 Å². The summed E-state index contributed by atoms with van der Waals surface area (Å²) in [6.07, 6.45) is -3.50. The number of hydrogen-bond acceptors (Lipinski definition) is 12. The van der Waals surface area contributed by atoms with E-state index in [4.69, 9.17) is 33.8 Å². The molecule has 4 atom stereocenters. The summed E-state index contributed by atoms with van der Waals surface area (Å²) in [5.41, 5.74) is 25.5. The van der Waals surface area contributed by atoms with Crippen molar-refractivity contribution >= 4 is 65.0 Å². The van der Waals surface area contributed by atoms with Crippen LogP contribution in [0.4, 0.5) is 0 Å². The number of nitrogens with two attached hydrogens (primary N) is 5. The van der Waals surface area contributed by atoms with Crippen LogP contribution in [0, 0.1) is 0 Å². The Bertz CT molecular complexity index is 1210. The fourth-order valence-corrected chi connectivity index (χ4v) is 3.24. The molecule has 0 saturated carbocycles. The lowest BCUT2D eigenvalue weighted by molar-refractivity contribution is -0.139. The number of carbonyl (C=O) groups excluding carboxylic acids is 10. The van der Waals surface area contributed by atoms with Gasteiger partial charge in [0, 0.05) is 0 Å². The highest BCUT2D eigenvalue weighted by atomic mass is 16.4. The van der Waals surface area contributed by atoms with Crippen LogP contribution >= 0.6 is 0 Å². The van der Waals surface area contributed by atoms with Gasteiger partial charge in [-0.1, -0.05) is 0 Å². The van der Waals surface area contributed by atoms with Crippen molar-refractivity contribution in [3.05, 3.63) is 0 Å². The number of rotatable bonds is 21. The first-order valence-corrected chi connectivity index (χ1v) is 12.7. The summed E-state index contributed by atoms with van der Waals surface area (Å²) >= 11 is 0. The molecule has 0 saturated heterocycles. The summed E-state index contributed by atoms with van der Waals surface area (Å²) < 4.78 is 0. The van der Waals surface area contributed by atoms with E-state index in [1.807, 2.05) is 21.3 Å². The molecule has 10 amide bonds. The summed E-state index contributed by atoms with van der Waals surface area (Å²) in [7, 11) is 0. The van der Waals surface area contributed by atoms with Crippen LogP contribution in [0.5, 0.6) is 0 Å². The number of carboxylic acids is 1. The van der Waals surface area contributed by atoms with Gasteiger partial charge in [-0.25, -0.2) is 0 Å². The molecule has 0 aromatic carbocycles. The molecule has 23 heteroatoms. The van der Waals surface area contributed by atoms with E-state index in [1.54, 1.807) is 0 Å². The van der Waals surface area contributed by atoms with Crippen LogP contribution in [0.2, 0.25) is 0 Å². The maximum atomic E-state index is 13.0. The minimum absolute atomic E-state index is 0.457. The maximum Gasteiger partial charge on any atom is 0.322 e. The van der Waals surface area contributed by atoms with Crippen molar-refractivity contribution in [1.82, 2.24) is 31.9 Å². The van der Waals surface area contributed by atoms with Gasteiger partial charge in [0.1, 0.15) is 30.7 Å². The van der Waals surface area contributed by atoms with E-state index in [-0.39, 0.29) is 0 Å². The third-order valence-corrected chi connectivity index (χ3v) is 5.22. The molecule has 0 fully saturated rings. The SMILES string of the molecule is NCC(=O)NCC(=O)N[C@@H](CC(N)=O)C(=O)N[C@@H](CC(N)=O)C(=O)N[C@@H](CC(N)=O)C(=O)N[C@@H](CC(N)=O)C(=O)NCC(=O)O. The molecular weight excluding hydrogens is 610 g/mol. The number of hydrogen-bond donors (Lipinski definition) is 12. The Morgan fingerprint density at radius 1 is 0.467 bits per heavy atom. The average molecular weight is 646 g/mol. The predicted octanol–water partition coefficient (Wildman–Crippen LogP) is -9.30. The van der Waals surface area contributed by atoms with Crippen LogP contribution in [0.1, 0.15) is 25.7 Å². The van der Waals surface area contributed by atoms with Crippen molar-refractivity contribution in [1.29, 1.82) is 0 Å². The van der Waals surface area contributed by atoms with E-state index in [1.165, 1.54) is 0 Å². The van der Waals surface area contributed by atoms with Crippen molar-refractivity contribution in [3.8, 4) is 0 Å². The van der Waals surface area contributed by atoms with Gasteiger partial charge in [-0.15, -0.1) is 0 Å². The molecule has 0 heterocycles. The Balaban J connectivity index is 5.97. The Kier molecular flexibility index (Phi) is 16.8. The Morgan fingerprint density at radius 3 is 1.11 bits per heavy atom. The lowest BCUT2D eigenvalue weighted by atomic mass is 10.1. The predicted molar refractivity (Wildman–Crippen MR) is 146 cm³/mol. The summed E-state index contributed by atoms with van der Waals surface area (Å²) in [6.45, 7) is -2.03. The van der Waals surface area contributed by atoms with Crippen molar-refractivity contribution in [2.45, 2.75) is 49.9 Å². The van der Waals surface area contributed by atoms with Gasteiger partial charge in [-0.2, -0.15) is 0 Å². The van der Waals surface area contributed by atoms with Crippen molar-refractivity contribution in [2.24, 2.45) is 28.7 Å². The third-order valence-electron chi connectivity index (χ3n) is 5.22. The second-order valence-electron chi connectivity index (χ2n) is 9.08. The Labute approximate surface area is 253 Å². The summed E-state index contributed by atoms with van der Waals surface area (Å²) in [5.74, 6) is -12.8. The first-order valence-electron chi connectivity index (χ1n) is 12.7. The summed E-state index contributed by atoms with van der Waals surface area (Å²) in [4.78, 5) is 131. The monoisotopic (exact) mass is 645 g/mol. The highest BCUT2D eigenvalue weighted by Gasteiger charge is 2.33. The normalized spacial score (nSPS) is 12.9. The fourth-order valence-electron chi connectivity index (χ4n) is 3.24. The number of nitrogens with one attached hydrogen (secondary N) is 6. The molecule has 0 aliphatic carbocycles. The first kappa shape index (κ1) is 39.1. The largest absolute Gasteiger partial charge is 0.480 e. The number of primary amides is 4. The highest BCUT2D eigenvalue weighted by Crippen LogP contribution is 2.02. The van der Waals surface area contributed by atoms with E-state index in [2.05, 4.69) is 10.6 Å². The van der Waals surface area contributed by atoms with Gasteiger partial charge in [0.2, 0.25) is 59.1 Å². The zero-order valence-electron chi connectivity index (χ0n) is 23.6. The van der Waals surface area contributed by atoms with E-state index >= 15 is 0 Å². The average Bonchev–Trinajstić information content (AvgIpc) is 2.91. The van der Waals surface area contributed by atoms with Crippen LogP contribution in [0.25, 0.3) is 0 Å². The van der Waals surface area contributed by atoms with E-state index in [9.17, 15) is 52.7 Å². The number of amides is 10. The van der Waals surface area contributed by atoms with Crippen LogP contribution < -0.4 is 60.6 Å². The molecule has 0 spiro atoms. The summed E-state index contributed by atoms with van der Waals surface area (Å²) in [6, 6.07) is -7.31. The second kappa shape index (κ2) is 19.3. The van der Waals surface area contributed by atoms with Gasteiger partial charge >= 0.3 is 5.97 Å². The third kappa shape index (κ3) is 17.0. The van der Waals surface area contributed by atoms with Crippen molar-refractivity contribution in [2.75, 3.05) is 19.6 Å². The smallest absolute Gasteiger partial charge is 0.322 e. The molecular formula is C22H35N11O12. The minimum Gasteiger partial charge on any atom is -0.480 e. The molecule has 0 aromatic rings. The zero-order chi connectivity index (χ0) is 34.9. The van der Waals surface area contributed by atoms with Gasteiger partial charge in [0.25, 0.3) is 0 Å². The molecule has 0 aliphatic heterocycles. The molecule has 0 aliphatic rings. The highest BCUT2D eigenvalue weighted by molar-refractivity contribution is 6.00. The molecule has 0 aromatic heterocycles. The number of carboxylic acid groups (broad SMARTS) is 1. The van der Waals surface area contributed by atoms with Crippen LogP contribution in [-0.4, -0.2) is 114 Å². The van der Waals surface area contributed by atoms with E-state index < -0.39 is 135 Å². The molecule has 250 valence electrons. The lowest BCUT2D eigenvalue weighted by Crippen LogP contribution is -2.60. The van der Waals surface area contributed by atoms with E-state index in [0.717, 1.165) is 0 Å². The number of aliphatic carboxylic acids is 1. The van der Waals surface area contributed by atoms with Gasteiger partial charge in [-0.05, 0) is 0 Å². The van der Waals surface area contributed by atoms with Gasteiger partial charge < -0.3 is 65.7 Å². The Hall–Kier alpha value is -5.87. The Morgan fingerprint density at radius 2 is 0.800 bits per heavy atom. The molecule has 0 bridgehead atoms. The lowest BCUT2D eigenvalue weighted by Gasteiger charge is -2.25. The maximum absolute atomic E-state index is 13.0. The van der Waals surface area contributed by atoms with Crippen LogP contribution in [0.3, 0.4) is 0 Å². The van der Waals surface area contributed by atoms with Gasteiger partial charge in [0.05, 0.1) is 38.8 Å².